The van der Waals surface area contributed by atoms with Crippen molar-refractivity contribution < 1.29 is 9.18 Å². The predicted molar refractivity (Wildman–Crippen MR) is 98.7 cm³/mol. The maximum Gasteiger partial charge on any atom is 0.317 e. The summed E-state index contributed by atoms with van der Waals surface area (Å²) in [5.41, 5.74) is 2.13. The monoisotopic (exact) mass is 361 g/mol. The Morgan fingerprint density at radius 1 is 1.00 bits per heavy atom. The highest BCUT2D eigenvalue weighted by Gasteiger charge is 2.20. The number of amides is 2. The first kappa shape index (κ1) is 17.5. The molecule has 0 aliphatic carbocycles. The first-order valence-electron chi connectivity index (χ1n) is 8.39. The van der Waals surface area contributed by atoms with Crippen LogP contribution in [0.5, 0.6) is 0 Å². The Kier molecular flexibility index (Phi) is 5.76. The molecule has 25 heavy (non-hydrogen) atoms. The van der Waals surface area contributed by atoms with E-state index >= 15 is 0 Å². The Morgan fingerprint density at radius 2 is 1.64 bits per heavy atom. The molecule has 1 aliphatic heterocycles. The lowest BCUT2D eigenvalue weighted by Crippen LogP contribution is -2.52. The van der Waals surface area contributed by atoms with Crippen LogP contribution in [-0.4, -0.2) is 43.7 Å². The number of anilines is 1. The van der Waals surface area contributed by atoms with Crippen LogP contribution in [0.1, 0.15) is 5.56 Å². The maximum absolute atomic E-state index is 13.0. The minimum absolute atomic E-state index is 0.0345. The summed E-state index contributed by atoms with van der Waals surface area (Å²) in [7, 11) is 0. The van der Waals surface area contributed by atoms with E-state index in [-0.39, 0.29) is 11.8 Å². The van der Waals surface area contributed by atoms with E-state index in [2.05, 4.69) is 10.2 Å². The van der Waals surface area contributed by atoms with Crippen LogP contribution in [0.2, 0.25) is 5.02 Å². The second kappa shape index (κ2) is 8.21. The fourth-order valence-electron chi connectivity index (χ4n) is 2.90. The van der Waals surface area contributed by atoms with Gasteiger partial charge in [0.1, 0.15) is 5.82 Å². The largest absolute Gasteiger partial charge is 0.368 e. The van der Waals surface area contributed by atoms with Gasteiger partial charge in [-0.3, -0.25) is 0 Å². The quantitative estimate of drug-likeness (QED) is 0.903. The van der Waals surface area contributed by atoms with Crippen molar-refractivity contribution in [3.63, 3.8) is 0 Å². The lowest BCUT2D eigenvalue weighted by molar-refractivity contribution is 0.194. The van der Waals surface area contributed by atoms with Crippen molar-refractivity contribution in [2.75, 3.05) is 37.6 Å². The number of piperazine rings is 1. The molecule has 1 aliphatic rings. The van der Waals surface area contributed by atoms with Crippen LogP contribution in [0.15, 0.2) is 48.5 Å². The average molecular weight is 362 g/mol. The molecule has 1 fully saturated rings. The lowest BCUT2D eigenvalue weighted by Gasteiger charge is -2.36. The summed E-state index contributed by atoms with van der Waals surface area (Å²) in [6.07, 6.45) is 0.776. The van der Waals surface area contributed by atoms with Gasteiger partial charge >= 0.3 is 6.03 Å². The van der Waals surface area contributed by atoms with E-state index in [4.69, 9.17) is 11.6 Å². The van der Waals surface area contributed by atoms with E-state index in [0.717, 1.165) is 30.8 Å². The van der Waals surface area contributed by atoms with Crippen molar-refractivity contribution in [2.24, 2.45) is 0 Å². The van der Waals surface area contributed by atoms with Crippen molar-refractivity contribution in [1.29, 1.82) is 0 Å². The molecule has 4 nitrogen and oxygen atoms in total. The van der Waals surface area contributed by atoms with Gasteiger partial charge in [0.2, 0.25) is 0 Å². The van der Waals surface area contributed by atoms with Gasteiger partial charge in [-0.15, -0.1) is 0 Å². The summed E-state index contributed by atoms with van der Waals surface area (Å²) in [5, 5.41) is 3.68. The molecule has 0 aromatic heterocycles. The third-order valence-electron chi connectivity index (χ3n) is 4.36. The van der Waals surface area contributed by atoms with Crippen molar-refractivity contribution in [3.05, 3.63) is 64.9 Å². The second-order valence-electron chi connectivity index (χ2n) is 6.06. The van der Waals surface area contributed by atoms with Crippen LogP contribution >= 0.6 is 11.6 Å². The third-order valence-corrected chi connectivity index (χ3v) is 4.61. The van der Waals surface area contributed by atoms with Crippen LogP contribution < -0.4 is 10.2 Å². The molecule has 6 heteroatoms. The smallest absolute Gasteiger partial charge is 0.317 e. The minimum atomic E-state index is -0.234. The van der Waals surface area contributed by atoms with E-state index < -0.39 is 0 Å². The number of carbonyl (C=O) groups is 1. The number of hydrogen-bond donors (Lipinski definition) is 1. The molecule has 2 amide bonds. The summed E-state index contributed by atoms with van der Waals surface area (Å²) in [5.74, 6) is -0.234. The fraction of sp³-hybridized carbons (Fsp3) is 0.316. The van der Waals surface area contributed by atoms with Gasteiger partial charge in [0.25, 0.3) is 0 Å². The summed E-state index contributed by atoms with van der Waals surface area (Å²) in [6, 6.07) is 14.1. The van der Waals surface area contributed by atoms with Gasteiger partial charge in [0.15, 0.2) is 0 Å². The molecule has 0 saturated carbocycles. The van der Waals surface area contributed by atoms with Crippen molar-refractivity contribution in [2.45, 2.75) is 6.42 Å². The zero-order chi connectivity index (χ0) is 17.6. The molecule has 2 aromatic rings. The number of halogens is 2. The number of rotatable bonds is 4. The first-order valence-corrected chi connectivity index (χ1v) is 8.77. The molecular weight excluding hydrogens is 341 g/mol. The highest BCUT2D eigenvalue weighted by atomic mass is 35.5. The van der Waals surface area contributed by atoms with Gasteiger partial charge in [-0.05, 0) is 48.4 Å². The van der Waals surface area contributed by atoms with Gasteiger partial charge in [-0.25, -0.2) is 9.18 Å². The van der Waals surface area contributed by atoms with Gasteiger partial charge < -0.3 is 15.1 Å². The SMILES string of the molecule is O=C(NCCc1ccc(Cl)cc1)N1CCN(c2ccc(F)cc2)CC1. The summed E-state index contributed by atoms with van der Waals surface area (Å²) < 4.78 is 13.0. The molecule has 132 valence electrons. The van der Waals surface area contributed by atoms with E-state index in [1.165, 1.54) is 12.1 Å². The number of hydrogen-bond acceptors (Lipinski definition) is 2. The van der Waals surface area contributed by atoms with Crippen LogP contribution in [0, 0.1) is 5.82 Å². The van der Waals surface area contributed by atoms with Crippen LogP contribution in [0.4, 0.5) is 14.9 Å². The minimum Gasteiger partial charge on any atom is -0.368 e. The molecule has 1 N–H and O–H groups in total. The van der Waals surface area contributed by atoms with E-state index in [0.29, 0.717) is 24.7 Å². The summed E-state index contributed by atoms with van der Waals surface area (Å²) >= 11 is 5.86. The number of nitrogens with one attached hydrogen (secondary N) is 1. The number of benzene rings is 2. The highest BCUT2D eigenvalue weighted by Crippen LogP contribution is 2.17. The Bertz CT molecular complexity index is 698. The van der Waals surface area contributed by atoms with Crippen LogP contribution in [-0.2, 0) is 6.42 Å². The van der Waals surface area contributed by atoms with Crippen molar-refractivity contribution >= 4 is 23.3 Å². The zero-order valence-corrected chi connectivity index (χ0v) is 14.7. The Labute approximate surface area is 152 Å². The Morgan fingerprint density at radius 3 is 2.28 bits per heavy atom. The topological polar surface area (TPSA) is 35.6 Å². The Balaban J connectivity index is 1.42. The third kappa shape index (κ3) is 4.86. The number of carbonyl (C=O) groups excluding carboxylic acids is 1. The Hall–Kier alpha value is -2.27. The van der Waals surface area contributed by atoms with Gasteiger partial charge in [-0.1, -0.05) is 23.7 Å². The highest BCUT2D eigenvalue weighted by molar-refractivity contribution is 6.30. The van der Waals surface area contributed by atoms with E-state index in [9.17, 15) is 9.18 Å². The molecule has 0 radical (unpaired) electrons. The van der Waals surface area contributed by atoms with Gasteiger partial charge in [0.05, 0.1) is 0 Å². The normalized spacial score (nSPS) is 14.5. The number of urea groups is 1. The molecule has 0 atom stereocenters. The second-order valence-corrected chi connectivity index (χ2v) is 6.50. The zero-order valence-electron chi connectivity index (χ0n) is 13.9. The van der Waals surface area contributed by atoms with Gasteiger partial charge in [0, 0.05) is 43.4 Å². The van der Waals surface area contributed by atoms with Crippen molar-refractivity contribution in [1.82, 2.24) is 10.2 Å². The molecule has 0 spiro atoms. The molecule has 0 bridgehead atoms. The van der Waals surface area contributed by atoms with Crippen LogP contribution in [0.3, 0.4) is 0 Å². The van der Waals surface area contributed by atoms with Crippen molar-refractivity contribution in [3.8, 4) is 0 Å². The lowest BCUT2D eigenvalue weighted by atomic mass is 10.1. The molecule has 3 rings (SSSR count). The fourth-order valence-corrected chi connectivity index (χ4v) is 3.02. The van der Waals surface area contributed by atoms with E-state index in [1.54, 1.807) is 12.1 Å². The molecule has 1 saturated heterocycles. The summed E-state index contributed by atoms with van der Waals surface area (Å²) in [4.78, 5) is 16.2. The maximum atomic E-state index is 13.0. The molecule has 0 unspecified atom stereocenters. The molecule has 1 heterocycles. The van der Waals surface area contributed by atoms with Crippen LogP contribution in [0.25, 0.3) is 0 Å². The predicted octanol–water partition coefficient (Wildman–Crippen LogP) is 3.55. The standard InChI is InChI=1S/C19H21ClFN3O/c20-16-3-1-15(2-4-16)9-10-22-19(25)24-13-11-23(12-14-24)18-7-5-17(21)6-8-18/h1-8H,9-14H2,(H,22,25). The molecule has 2 aromatic carbocycles. The molecular formula is C19H21ClFN3O. The van der Waals surface area contributed by atoms with Gasteiger partial charge in [-0.2, -0.15) is 0 Å². The first-order chi connectivity index (χ1) is 12.1. The summed E-state index contributed by atoms with van der Waals surface area (Å²) in [6.45, 7) is 3.40. The number of nitrogens with zero attached hydrogens (tertiary/aromatic N) is 2. The average Bonchev–Trinajstić information content (AvgIpc) is 2.64. The van der Waals surface area contributed by atoms with E-state index in [1.807, 2.05) is 29.2 Å².